The smallest absolute Gasteiger partial charge is 0.253 e. The highest BCUT2D eigenvalue weighted by Crippen LogP contribution is 2.27. The first-order valence-electron chi connectivity index (χ1n) is 8.92. The number of methoxy groups -OCH3 is 1. The van der Waals surface area contributed by atoms with Crippen molar-refractivity contribution in [1.29, 1.82) is 0 Å². The monoisotopic (exact) mass is 372 g/mol. The van der Waals surface area contributed by atoms with E-state index in [9.17, 15) is 4.79 Å². The van der Waals surface area contributed by atoms with Crippen LogP contribution in [0, 0.1) is 0 Å². The van der Waals surface area contributed by atoms with Crippen LogP contribution >= 0.6 is 0 Å². The van der Waals surface area contributed by atoms with E-state index in [1.807, 2.05) is 59.3 Å². The molecule has 0 saturated carbocycles. The summed E-state index contributed by atoms with van der Waals surface area (Å²) >= 11 is 0. The molecular weight excluding hydrogens is 352 g/mol. The molecule has 28 heavy (non-hydrogen) atoms. The van der Waals surface area contributed by atoms with Crippen LogP contribution in [0.3, 0.4) is 0 Å². The van der Waals surface area contributed by atoms with Crippen molar-refractivity contribution in [3.8, 4) is 11.4 Å². The first kappa shape index (κ1) is 17.7. The van der Waals surface area contributed by atoms with E-state index < -0.39 is 0 Å². The van der Waals surface area contributed by atoms with Crippen LogP contribution in [0.5, 0.6) is 5.75 Å². The number of amides is 1. The minimum atomic E-state index is -0.0370. The lowest BCUT2D eigenvalue weighted by Gasteiger charge is -2.19. The number of aromatic nitrogens is 3. The number of hydrogen-bond acceptors (Lipinski definition) is 4. The summed E-state index contributed by atoms with van der Waals surface area (Å²) in [7, 11) is 3.44. The van der Waals surface area contributed by atoms with Crippen molar-refractivity contribution >= 4 is 16.8 Å². The van der Waals surface area contributed by atoms with E-state index in [0.717, 1.165) is 27.9 Å². The first-order valence-corrected chi connectivity index (χ1v) is 8.92. The maximum absolute atomic E-state index is 12.9. The molecule has 2 aromatic heterocycles. The van der Waals surface area contributed by atoms with Crippen LogP contribution in [-0.4, -0.2) is 39.5 Å². The van der Waals surface area contributed by atoms with Crippen LogP contribution in [0.15, 0.2) is 73.4 Å². The normalized spacial score (nSPS) is 10.8. The summed E-state index contributed by atoms with van der Waals surface area (Å²) in [5.41, 5.74) is 3.43. The lowest BCUT2D eigenvalue weighted by molar-refractivity contribution is 0.0785. The number of imidazole rings is 1. The maximum atomic E-state index is 12.9. The molecule has 0 aliphatic heterocycles. The van der Waals surface area contributed by atoms with Gasteiger partial charge in [-0.1, -0.05) is 12.1 Å². The number of ether oxygens (including phenoxy) is 1. The topological polar surface area (TPSA) is 60.2 Å². The Morgan fingerprint density at radius 2 is 1.93 bits per heavy atom. The van der Waals surface area contributed by atoms with Crippen LogP contribution in [0.1, 0.15) is 15.9 Å². The van der Waals surface area contributed by atoms with E-state index >= 15 is 0 Å². The van der Waals surface area contributed by atoms with E-state index in [4.69, 9.17) is 4.74 Å². The van der Waals surface area contributed by atoms with Gasteiger partial charge >= 0.3 is 0 Å². The Morgan fingerprint density at radius 3 is 2.64 bits per heavy atom. The van der Waals surface area contributed by atoms with E-state index in [-0.39, 0.29) is 5.91 Å². The second-order valence-electron chi connectivity index (χ2n) is 6.50. The molecule has 0 fully saturated rings. The Hall–Kier alpha value is -3.67. The number of rotatable bonds is 5. The van der Waals surface area contributed by atoms with Crippen molar-refractivity contribution in [3.63, 3.8) is 0 Å². The van der Waals surface area contributed by atoms with Gasteiger partial charge in [0.2, 0.25) is 0 Å². The molecule has 140 valence electrons. The molecule has 0 atom stereocenters. The predicted molar refractivity (Wildman–Crippen MR) is 108 cm³/mol. The maximum Gasteiger partial charge on any atom is 0.253 e. The summed E-state index contributed by atoms with van der Waals surface area (Å²) in [6.45, 7) is 0.480. The highest BCUT2D eigenvalue weighted by molar-refractivity contribution is 5.95. The van der Waals surface area contributed by atoms with Crippen molar-refractivity contribution in [1.82, 2.24) is 19.4 Å². The molecule has 0 saturated heterocycles. The van der Waals surface area contributed by atoms with Crippen molar-refractivity contribution in [2.75, 3.05) is 14.2 Å². The molecule has 6 heteroatoms. The lowest BCUT2D eigenvalue weighted by Crippen LogP contribution is -2.26. The SMILES string of the molecule is COc1ccc(CN(C)C(=O)c2ccc(-n3ccnc3)cc2)c2cccnc12. The number of nitrogens with zero attached hydrogens (tertiary/aromatic N) is 4. The van der Waals surface area contributed by atoms with Gasteiger partial charge in [-0.2, -0.15) is 0 Å². The van der Waals surface area contributed by atoms with Gasteiger partial charge in [0, 0.05) is 48.8 Å². The fraction of sp³-hybridized carbons (Fsp3) is 0.136. The van der Waals surface area contributed by atoms with Gasteiger partial charge in [0.25, 0.3) is 5.91 Å². The van der Waals surface area contributed by atoms with Gasteiger partial charge in [0.1, 0.15) is 11.3 Å². The first-order chi connectivity index (χ1) is 13.7. The van der Waals surface area contributed by atoms with Gasteiger partial charge < -0.3 is 14.2 Å². The lowest BCUT2D eigenvalue weighted by atomic mass is 10.1. The highest BCUT2D eigenvalue weighted by atomic mass is 16.5. The minimum absolute atomic E-state index is 0.0370. The molecule has 0 radical (unpaired) electrons. The molecule has 0 aliphatic rings. The molecule has 0 aliphatic carbocycles. The van der Waals surface area contributed by atoms with Crippen molar-refractivity contribution < 1.29 is 9.53 Å². The molecule has 1 amide bonds. The Labute approximate surface area is 163 Å². The van der Waals surface area contributed by atoms with E-state index in [0.29, 0.717) is 12.1 Å². The number of benzene rings is 2. The fourth-order valence-corrected chi connectivity index (χ4v) is 3.24. The summed E-state index contributed by atoms with van der Waals surface area (Å²) < 4.78 is 7.29. The summed E-state index contributed by atoms with van der Waals surface area (Å²) in [5, 5.41) is 0.983. The van der Waals surface area contributed by atoms with Crippen molar-refractivity contribution in [2.45, 2.75) is 6.54 Å². The second kappa shape index (κ2) is 7.52. The van der Waals surface area contributed by atoms with Gasteiger partial charge in [0.15, 0.2) is 0 Å². The summed E-state index contributed by atoms with van der Waals surface area (Å²) in [4.78, 5) is 23.0. The van der Waals surface area contributed by atoms with Crippen LogP contribution in [0.2, 0.25) is 0 Å². The molecule has 4 aromatic rings. The molecule has 2 aromatic carbocycles. The second-order valence-corrected chi connectivity index (χ2v) is 6.50. The number of hydrogen-bond donors (Lipinski definition) is 0. The van der Waals surface area contributed by atoms with Gasteiger partial charge in [-0.15, -0.1) is 0 Å². The van der Waals surface area contributed by atoms with Crippen molar-refractivity contribution in [3.05, 3.63) is 84.6 Å². The van der Waals surface area contributed by atoms with Crippen molar-refractivity contribution in [2.24, 2.45) is 0 Å². The fourth-order valence-electron chi connectivity index (χ4n) is 3.24. The van der Waals surface area contributed by atoms with Crippen LogP contribution in [-0.2, 0) is 6.54 Å². The Bertz CT molecular complexity index is 1110. The molecule has 0 spiro atoms. The zero-order chi connectivity index (χ0) is 19.5. The quantitative estimate of drug-likeness (QED) is 0.536. The Balaban J connectivity index is 1.56. The predicted octanol–water partition coefficient (Wildman–Crippen LogP) is 3.70. The van der Waals surface area contributed by atoms with Gasteiger partial charge in [-0.25, -0.2) is 4.98 Å². The average Bonchev–Trinajstić information content (AvgIpc) is 3.28. The molecule has 0 bridgehead atoms. The largest absolute Gasteiger partial charge is 0.494 e. The van der Waals surface area contributed by atoms with Crippen LogP contribution in [0.4, 0.5) is 0 Å². The van der Waals surface area contributed by atoms with E-state index in [2.05, 4.69) is 9.97 Å². The van der Waals surface area contributed by atoms with Crippen LogP contribution < -0.4 is 4.74 Å². The van der Waals surface area contributed by atoms with E-state index in [1.165, 1.54) is 0 Å². The molecule has 0 unspecified atom stereocenters. The average molecular weight is 372 g/mol. The van der Waals surface area contributed by atoms with Gasteiger partial charge in [-0.3, -0.25) is 9.78 Å². The number of carbonyl (C=O) groups excluding carboxylic acids is 1. The van der Waals surface area contributed by atoms with Gasteiger partial charge in [0.05, 0.1) is 13.4 Å². The summed E-state index contributed by atoms with van der Waals surface area (Å²) in [5.74, 6) is 0.688. The number of pyridine rings is 1. The molecular formula is C22H20N4O2. The standard InChI is InChI=1S/C22H20N4O2/c1-25(14-17-7-10-20(28-2)21-19(17)4-3-11-24-21)22(27)16-5-8-18(9-6-16)26-13-12-23-15-26/h3-13,15H,14H2,1-2H3. The third-order valence-electron chi connectivity index (χ3n) is 4.71. The molecule has 6 nitrogen and oxygen atoms in total. The Kier molecular flexibility index (Phi) is 4.76. The third-order valence-corrected chi connectivity index (χ3v) is 4.71. The summed E-state index contributed by atoms with van der Waals surface area (Å²) in [6.07, 6.45) is 7.06. The highest BCUT2D eigenvalue weighted by Gasteiger charge is 2.15. The van der Waals surface area contributed by atoms with Gasteiger partial charge in [-0.05, 0) is 42.0 Å². The van der Waals surface area contributed by atoms with E-state index in [1.54, 1.807) is 37.8 Å². The number of fused-ring (bicyclic) bond motifs is 1. The minimum Gasteiger partial charge on any atom is -0.494 e. The molecule has 2 heterocycles. The summed E-state index contributed by atoms with van der Waals surface area (Å²) in [6, 6.07) is 15.3. The Morgan fingerprint density at radius 1 is 1.11 bits per heavy atom. The molecule has 0 N–H and O–H groups in total. The van der Waals surface area contributed by atoms with Crippen LogP contribution in [0.25, 0.3) is 16.6 Å². The third kappa shape index (κ3) is 3.32. The zero-order valence-corrected chi connectivity index (χ0v) is 15.7. The zero-order valence-electron chi connectivity index (χ0n) is 15.7. The molecule has 4 rings (SSSR count). The number of carbonyl (C=O) groups is 1.